The number of carbonyl (C=O) groups excluding carboxylic acids is 1. The SMILES string of the molecule is CC(C)(C)CC(O)CNC(=O)c1n[nH]c2c1CNCC2.Cl. The molecule has 1 aromatic rings. The molecule has 1 aliphatic heterocycles. The molecule has 0 saturated carbocycles. The summed E-state index contributed by atoms with van der Waals surface area (Å²) in [4.78, 5) is 12.1. The molecule has 0 aromatic carbocycles. The summed E-state index contributed by atoms with van der Waals surface area (Å²) < 4.78 is 0. The second-order valence-corrected chi connectivity index (χ2v) is 6.58. The minimum atomic E-state index is -0.535. The summed E-state index contributed by atoms with van der Waals surface area (Å²) in [5.74, 6) is -0.223. The summed E-state index contributed by atoms with van der Waals surface area (Å²) in [5, 5.41) is 22.9. The maximum absolute atomic E-state index is 12.1. The molecule has 0 aliphatic carbocycles. The van der Waals surface area contributed by atoms with Crippen molar-refractivity contribution in [2.75, 3.05) is 13.1 Å². The highest BCUT2D eigenvalue weighted by Crippen LogP contribution is 2.20. The molecule has 1 amide bonds. The van der Waals surface area contributed by atoms with E-state index in [9.17, 15) is 9.90 Å². The number of H-pyrrole nitrogens is 1. The van der Waals surface area contributed by atoms with Crippen molar-refractivity contribution in [3.8, 4) is 0 Å². The summed E-state index contributed by atoms with van der Waals surface area (Å²) in [6, 6.07) is 0. The predicted octanol–water partition coefficient (Wildman–Crippen LogP) is 1.00. The smallest absolute Gasteiger partial charge is 0.272 e. The first kappa shape index (κ1) is 17.9. The number of hydrogen-bond acceptors (Lipinski definition) is 4. The molecule has 1 atom stereocenters. The van der Waals surface area contributed by atoms with E-state index in [1.54, 1.807) is 0 Å². The van der Waals surface area contributed by atoms with E-state index in [-0.39, 0.29) is 30.3 Å². The molecule has 0 radical (unpaired) electrons. The lowest BCUT2D eigenvalue weighted by Crippen LogP contribution is -2.35. The summed E-state index contributed by atoms with van der Waals surface area (Å²) in [6.07, 6.45) is 0.974. The summed E-state index contributed by atoms with van der Waals surface area (Å²) >= 11 is 0. The van der Waals surface area contributed by atoms with E-state index < -0.39 is 6.10 Å². The molecule has 0 fully saturated rings. The molecule has 120 valence electrons. The van der Waals surface area contributed by atoms with E-state index in [0.717, 1.165) is 24.2 Å². The third kappa shape index (κ3) is 4.98. The molecular weight excluding hydrogens is 292 g/mol. The van der Waals surface area contributed by atoms with Crippen LogP contribution in [0.3, 0.4) is 0 Å². The Bertz CT molecular complexity index is 482. The molecule has 6 nitrogen and oxygen atoms in total. The Labute approximate surface area is 131 Å². The van der Waals surface area contributed by atoms with Gasteiger partial charge in [-0.1, -0.05) is 20.8 Å². The van der Waals surface area contributed by atoms with Gasteiger partial charge >= 0.3 is 0 Å². The highest BCUT2D eigenvalue weighted by molar-refractivity contribution is 5.94. The van der Waals surface area contributed by atoms with E-state index in [1.807, 2.05) is 0 Å². The zero-order chi connectivity index (χ0) is 14.8. The van der Waals surface area contributed by atoms with Crippen molar-refractivity contribution >= 4 is 18.3 Å². The Morgan fingerprint density at radius 1 is 1.48 bits per heavy atom. The standard InChI is InChI=1S/C14H24N4O2.ClH/c1-14(2,3)6-9(19)7-16-13(20)12-10-8-15-5-4-11(10)17-18-12;/h9,15,19H,4-8H2,1-3H3,(H,16,20)(H,17,18);1H. The summed E-state index contributed by atoms with van der Waals surface area (Å²) in [7, 11) is 0. The number of fused-ring (bicyclic) bond motifs is 1. The van der Waals surface area contributed by atoms with Crippen molar-refractivity contribution in [3.05, 3.63) is 17.0 Å². The normalized spacial score (nSPS) is 15.8. The van der Waals surface area contributed by atoms with Crippen molar-refractivity contribution in [1.29, 1.82) is 0 Å². The number of nitrogens with zero attached hydrogens (tertiary/aromatic N) is 1. The second kappa shape index (κ2) is 7.24. The van der Waals surface area contributed by atoms with Crippen LogP contribution in [-0.4, -0.2) is 40.4 Å². The molecule has 0 bridgehead atoms. The number of nitrogens with one attached hydrogen (secondary N) is 3. The van der Waals surface area contributed by atoms with Gasteiger partial charge in [-0.15, -0.1) is 12.4 Å². The quantitative estimate of drug-likeness (QED) is 0.667. The molecule has 1 aromatic heterocycles. The van der Waals surface area contributed by atoms with Gasteiger partial charge in [0.1, 0.15) is 0 Å². The number of carbonyl (C=O) groups is 1. The van der Waals surface area contributed by atoms with E-state index in [2.05, 4.69) is 41.6 Å². The topological polar surface area (TPSA) is 90.0 Å². The number of amides is 1. The lowest BCUT2D eigenvalue weighted by molar-refractivity contribution is 0.0863. The van der Waals surface area contributed by atoms with Crippen molar-refractivity contribution in [2.24, 2.45) is 5.41 Å². The van der Waals surface area contributed by atoms with Gasteiger partial charge in [0.15, 0.2) is 5.69 Å². The van der Waals surface area contributed by atoms with Crippen molar-refractivity contribution < 1.29 is 9.90 Å². The monoisotopic (exact) mass is 316 g/mol. The predicted molar refractivity (Wildman–Crippen MR) is 83.7 cm³/mol. The maximum Gasteiger partial charge on any atom is 0.272 e. The molecule has 0 spiro atoms. The van der Waals surface area contributed by atoms with Crippen LogP contribution in [0.1, 0.15) is 48.9 Å². The van der Waals surface area contributed by atoms with Gasteiger partial charge in [0.05, 0.1) is 6.10 Å². The third-order valence-corrected chi connectivity index (χ3v) is 3.37. The van der Waals surface area contributed by atoms with Gasteiger partial charge in [0, 0.05) is 37.3 Å². The average molecular weight is 317 g/mol. The van der Waals surface area contributed by atoms with Crippen LogP contribution in [0.15, 0.2) is 0 Å². The molecule has 4 N–H and O–H groups in total. The Morgan fingerprint density at radius 3 is 2.86 bits per heavy atom. The van der Waals surface area contributed by atoms with Crippen LogP contribution in [-0.2, 0) is 13.0 Å². The third-order valence-electron chi connectivity index (χ3n) is 3.37. The Hall–Kier alpha value is -1.11. The minimum absolute atomic E-state index is 0. The highest BCUT2D eigenvalue weighted by Gasteiger charge is 2.22. The molecule has 21 heavy (non-hydrogen) atoms. The fourth-order valence-electron chi connectivity index (χ4n) is 2.49. The molecular formula is C14H25ClN4O2. The molecule has 1 aliphatic rings. The lowest BCUT2D eigenvalue weighted by Gasteiger charge is -2.22. The first-order valence-corrected chi connectivity index (χ1v) is 7.10. The zero-order valence-electron chi connectivity index (χ0n) is 12.8. The van der Waals surface area contributed by atoms with Crippen LogP contribution < -0.4 is 10.6 Å². The fraction of sp³-hybridized carbons (Fsp3) is 0.714. The molecule has 1 unspecified atom stereocenters. The minimum Gasteiger partial charge on any atom is -0.391 e. The van der Waals surface area contributed by atoms with Gasteiger partial charge in [0.25, 0.3) is 5.91 Å². The number of aliphatic hydroxyl groups is 1. The number of aliphatic hydroxyl groups excluding tert-OH is 1. The number of rotatable bonds is 4. The highest BCUT2D eigenvalue weighted by atomic mass is 35.5. The van der Waals surface area contributed by atoms with E-state index >= 15 is 0 Å². The van der Waals surface area contributed by atoms with Crippen molar-refractivity contribution in [1.82, 2.24) is 20.8 Å². The van der Waals surface area contributed by atoms with E-state index in [0.29, 0.717) is 18.7 Å². The van der Waals surface area contributed by atoms with Crippen molar-refractivity contribution in [2.45, 2.75) is 46.3 Å². The maximum atomic E-state index is 12.1. The largest absolute Gasteiger partial charge is 0.391 e. The first-order valence-electron chi connectivity index (χ1n) is 7.10. The lowest BCUT2D eigenvalue weighted by atomic mass is 9.89. The van der Waals surface area contributed by atoms with Gasteiger partial charge in [-0.3, -0.25) is 9.89 Å². The Balaban J connectivity index is 0.00000220. The molecule has 2 rings (SSSR count). The van der Waals surface area contributed by atoms with E-state index in [4.69, 9.17) is 0 Å². The van der Waals surface area contributed by atoms with Crippen LogP contribution >= 0.6 is 12.4 Å². The summed E-state index contributed by atoms with van der Waals surface area (Å²) in [6.45, 7) is 8.01. The summed E-state index contributed by atoms with van der Waals surface area (Å²) in [5.41, 5.74) is 2.46. The van der Waals surface area contributed by atoms with Gasteiger partial charge in [-0.2, -0.15) is 5.10 Å². The number of aromatic nitrogens is 2. The zero-order valence-corrected chi connectivity index (χ0v) is 13.6. The van der Waals surface area contributed by atoms with Gasteiger partial charge in [0.2, 0.25) is 0 Å². The van der Waals surface area contributed by atoms with Gasteiger partial charge < -0.3 is 15.7 Å². The van der Waals surface area contributed by atoms with E-state index in [1.165, 1.54) is 0 Å². The Kier molecular flexibility index (Phi) is 6.19. The van der Waals surface area contributed by atoms with Gasteiger partial charge in [-0.25, -0.2) is 0 Å². The van der Waals surface area contributed by atoms with Crippen LogP contribution in [0.25, 0.3) is 0 Å². The molecule has 7 heteroatoms. The first-order chi connectivity index (χ1) is 9.37. The fourth-order valence-corrected chi connectivity index (χ4v) is 2.49. The molecule has 0 saturated heterocycles. The van der Waals surface area contributed by atoms with Crippen LogP contribution in [0.4, 0.5) is 0 Å². The number of halogens is 1. The average Bonchev–Trinajstić information content (AvgIpc) is 2.78. The van der Waals surface area contributed by atoms with Crippen LogP contribution in [0, 0.1) is 5.41 Å². The van der Waals surface area contributed by atoms with Crippen LogP contribution in [0.2, 0.25) is 0 Å². The van der Waals surface area contributed by atoms with Gasteiger partial charge in [-0.05, 0) is 11.8 Å². The van der Waals surface area contributed by atoms with Crippen molar-refractivity contribution in [3.63, 3.8) is 0 Å². The second-order valence-electron chi connectivity index (χ2n) is 6.58. The number of hydrogen-bond donors (Lipinski definition) is 4. The number of aromatic amines is 1. The van der Waals surface area contributed by atoms with Crippen LogP contribution in [0.5, 0.6) is 0 Å². The Morgan fingerprint density at radius 2 is 2.19 bits per heavy atom. The molecule has 2 heterocycles.